The number of hydrogen-bond acceptors (Lipinski definition) is 8. The predicted octanol–water partition coefficient (Wildman–Crippen LogP) is 6.70. The number of allylic oxidation sites excluding steroid dienone is 2. The van der Waals surface area contributed by atoms with E-state index in [0.717, 1.165) is 19.3 Å². The maximum atomic E-state index is 14.1. The third-order valence-electron chi connectivity index (χ3n) is 11.8. The molecule has 0 bridgehead atoms. The van der Waals surface area contributed by atoms with E-state index in [1.165, 1.54) is 44.6 Å². The molecule has 0 spiro atoms. The Morgan fingerprint density at radius 2 is 1.61 bits per heavy atom. The number of aliphatic hydroxyl groups excluding tert-OH is 2. The van der Waals surface area contributed by atoms with E-state index in [4.69, 9.17) is 9.47 Å². The molecule has 0 aromatic heterocycles. The van der Waals surface area contributed by atoms with Crippen molar-refractivity contribution in [3.8, 4) is 0 Å². The van der Waals surface area contributed by atoms with Crippen LogP contribution >= 0.6 is 0 Å². The molecule has 3 aliphatic carbocycles. The molecule has 260 valence electrons. The fourth-order valence-electron chi connectivity index (χ4n) is 8.15. The molecule has 0 amide bonds. The normalized spacial score (nSPS) is 32.6. The average molecular weight is 645 g/mol. The van der Waals surface area contributed by atoms with Crippen LogP contribution in [0.5, 0.6) is 0 Å². The van der Waals surface area contributed by atoms with Crippen LogP contribution in [0.25, 0.3) is 0 Å². The number of esters is 2. The Bertz CT molecular complexity index is 1210. The van der Waals surface area contributed by atoms with Gasteiger partial charge in [0.2, 0.25) is 0 Å². The van der Waals surface area contributed by atoms with E-state index in [1.807, 2.05) is 13.8 Å². The minimum atomic E-state index is -2.30. The van der Waals surface area contributed by atoms with Crippen molar-refractivity contribution in [2.24, 2.45) is 22.7 Å². The first-order valence-electron chi connectivity index (χ1n) is 17.6. The first-order valence-corrected chi connectivity index (χ1v) is 17.6. The number of carbonyl (C=O) groups is 3. The van der Waals surface area contributed by atoms with Crippen LogP contribution in [0.1, 0.15) is 132 Å². The quantitative estimate of drug-likeness (QED) is 0.0690. The number of ketones is 1. The van der Waals surface area contributed by atoms with Crippen LogP contribution in [0.3, 0.4) is 0 Å². The molecule has 0 aromatic rings. The van der Waals surface area contributed by atoms with Crippen molar-refractivity contribution in [2.75, 3.05) is 6.61 Å². The SMILES string of the molecule is C/C=C(/C)C(=O)OCC1=CCC(=O)[C@@]2([C@H](C)C[C@]3(OC(=O)CCCCCCCCCCC)[C@H](C)C3(C)C)C=C(C)[C@H](O)[C@@]2(O)[C@@H]1O. The number of Topliss-reactive ketones (excluding diaryl/α,β-unsaturated/α-hetero) is 1. The largest absolute Gasteiger partial charge is 0.458 e. The highest BCUT2D eigenvalue weighted by atomic mass is 16.6. The summed E-state index contributed by atoms with van der Waals surface area (Å²) in [5.74, 6) is -1.80. The van der Waals surface area contributed by atoms with E-state index in [-0.39, 0.29) is 48.1 Å². The van der Waals surface area contributed by atoms with Crippen molar-refractivity contribution in [1.82, 2.24) is 0 Å². The van der Waals surface area contributed by atoms with Gasteiger partial charge >= 0.3 is 11.9 Å². The Kier molecular flexibility index (Phi) is 12.7. The summed E-state index contributed by atoms with van der Waals surface area (Å²) in [5, 5.41) is 35.4. The molecular formula is C38H60O8. The highest BCUT2D eigenvalue weighted by molar-refractivity contribution is 5.92. The lowest BCUT2D eigenvalue weighted by atomic mass is 9.59. The molecule has 46 heavy (non-hydrogen) atoms. The zero-order chi connectivity index (χ0) is 34.5. The summed E-state index contributed by atoms with van der Waals surface area (Å²) in [6, 6.07) is 0. The van der Waals surface area contributed by atoms with E-state index in [1.54, 1.807) is 32.9 Å². The van der Waals surface area contributed by atoms with Crippen LogP contribution in [0.2, 0.25) is 0 Å². The van der Waals surface area contributed by atoms with Gasteiger partial charge in [-0.25, -0.2) is 4.79 Å². The van der Waals surface area contributed by atoms with Crippen LogP contribution in [0.4, 0.5) is 0 Å². The van der Waals surface area contributed by atoms with Crippen molar-refractivity contribution < 1.29 is 39.2 Å². The lowest BCUT2D eigenvalue weighted by Crippen LogP contribution is -2.65. The maximum absolute atomic E-state index is 14.1. The summed E-state index contributed by atoms with van der Waals surface area (Å²) in [6.07, 6.45) is 12.3. The van der Waals surface area contributed by atoms with Gasteiger partial charge in [0.1, 0.15) is 35.8 Å². The lowest BCUT2D eigenvalue weighted by Gasteiger charge is -2.48. The van der Waals surface area contributed by atoms with Gasteiger partial charge < -0.3 is 24.8 Å². The molecule has 1 saturated carbocycles. The third kappa shape index (κ3) is 6.95. The summed E-state index contributed by atoms with van der Waals surface area (Å²) < 4.78 is 11.7. The summed E-state index contributed by atoms with van der Waals surface area (Å²) in [7, 11) is 0. The van der Waals surface area contributed by atoms with Gasteiger partial charge in [-0.3, -0.25) is 9.59 Å². The topological polar surface area (TPSA) is 130 Å². The number of rotatable bonds is 17. The molecule has 3 rings (SSSR count). The minimum Gasteiger partial charge on any atom is -0.458 e. The fourth-order valence-corrected chi connectivity index (χ4v) is 8.15. The molecular weight excluding hydrogens is 584 g/mol. The van der Waals surface area contributed by atoms with Crippen LogP contribution in [0, 0.1) is 22.7 Å². The van der Waals surface area contributed by atoms with Gasteiger partial charge in [0, 0.05) is 29.7 Å². The number of hydrogen-bond donors (Lipinski definition) is 3. The number of unbranched alkanes of at least 4 members (excludes halogenated alkanes) is 8. The summed E-state index contributed by atoms with van der Waals surface area (Å²) in [5.41, 5.74) is -4.26. The minimum absolute atomic E-state index is 0.00387. The van der Waals surface area contributed by atoms with E-state index in [9.17, 15) is 29.7 Å². The van der Waals surface area contributed by atoms with Crippen molar-refractivity contribution >= 4 is 17.7 Å². The Balaban J connectivity index is 1.77. The van der Waals surface area contributed by atoms with Gasteiger partial charge in [-0.05, 0) is 50.7 Å². The molecule has 0 radical (unpaired) electrons. The van der Waals surface area contributed by atoms with Gasteiger partial charge in [0.05, 0.1) is 5.41 Å². The second kappa shape index (κ2) is 15.3. The zero-order valence-corrected chi connectivity index (χ0v) is 29.6. The Morgan fingerprint density at radius 1 is 1.04 bits per heavy atom. The number of carbonyl (C=O) groups excluding carboxylic acids is 3. The Labute approximate surface area is 276 Å². The second-order valence-corrected chi connectivity index (χ2v) is 14.8. The molecule has 8 nitrogen and oxygen atoms in total. The van der Waals surface area contributed by atoms with Gasteiger partial charge in [-0.1, -0.05) is 104 Å². The molecule has 0 unspecified atom stereocenters. The maximum Gasteiger partial charge on any atom is 0.333 e. The van der Waals surface area contributed by atoms with Crippen LogP contribution < -0.4 is 0 Å². The van der Waals surface area contributed by atoms with Crippen molar-refractivity contribution in [3.63, 3.8) is 0 Å². The molecule has 7 atom stereocenters. The van der Waals surface area contributed by atoms with Crippen LogP contribution in [-0.2, 0) is 23.9 Å². The van der Waals surface area contributed by atoms with Crippen LogP contribution in [-0.4, -0.2) is 63.1 Å². The van der Waals surface area contributed by atoms with Crippen molar-refractivity contribution in [1.29, 1.82) is 0 Å². The van der Waals surface area contributed by atoms with E-state index < -0.39 is 40.7 Å². The van der Waals surface area contributed by atoms with Crippen molar-refractivity contribution in [3.05, 3.63) is 34.9 Å². The van der Waals surface area contributed by atoms with Gasteiger partial charge in [-0.15, -0.1) is 0 Å². The molecule has 1 fully saturated rings. The zero-order valence-electron chi connectivity index (χ0n) is 29.6. The first kappa shape index (κ1) is 38.2. The molecule has 0 aliphatic heterocycles. The Morgan fingerprint density at radius 3 is 2.15 bits per heavy atom. The molecule has 8 heteroatoms. The standard InChI is InChI=1S/C38H60O8/c1-9-11-12-13-14-15-16-17-18-19-31(40)46-37(28(6)35(37,7)8)23-27(5)36-22-26(4)32(41)38(36,44)33(42)29(20-21-30(36)39)24-45-34(43)25(3)10-2/h10,20,22,27-28,32-33,41-42,44H,9,11-19,21,23-24H2,1-8H3/b25-10-/t27-,28-,32+,33-,36+,37+,38-/m1/s1. The van der Waals surface area contributed by atoms with Gasteiger partial charge in [0.15, 0.2) is 0 Å². The molecule has 3 N–H and O–H groups in total. The second-order valence-electron chi connectivity index (χ2n) is 14.8. The molecule has 0 heterocycles. The van der Waals surface area contributed by atoms with Crippen LogP contribution in [0.15, 0.2) is 34.9 Å². The Hall–Kier alpha value is -2.29. The fraction of sp³-hybridized carbons (Fsp3) is 0.763. The van der Waals surface area contributed by atoms with E-state index >= 15 is 0 Å². The van der Waals surface area contributed by atoms with Gasteiger partial charge in [0.25, 0.3) is 0 Å². The highest BCUT2D eigenvalue weighted by Crippen LogP contribution is 2.69. The monoisotopic (exact) mass is 644 g/mol. The number of aliphatic hydroxyl groups is 3. The number of fused-ring (bicyclic) bond motifs is 1. The lowest BCUT2D eigenvalue weighted by molar-refractivity contribution is -0.193. The summed E-state index contributed by atoms with van der Waals surface area (Å²) >= 11 is 0. The summed E-state index contributed by atoms with van der Waals surface area (Å²) in [6.45, 7) is 14.8. The molecule has 3 aliphatic rings. The predicted molar refractivity (Wildman–Crippen MR) is 179 cm³/mol. The molecule has 0 saturated heterocycles. The van der Waals surface area contributed by atoms with E-state index in [0.29, 0.717) is 17.6 Å². The van der Waals surface area contributed by atoms with E-state index in [2.05, 4.69) is 20.8 Å². The average Bonchev–Trinajstić information content (AvgIpc) is 3.34. The smallest absolute Gasteiger partial charge is 0.333 e. The van der Waals surface area contributed by atoms with Gasteiger partial charge in [-0.2, -0.15) is 0 Å². The summed E-state index contributed by atoms with van der Waals surface area (Å²) in [4.78, 5) is 39.7. The van der Waals surface area contributed by atoms with Crippen molar-refractivity contribution in [2.45, 2.75) is 156 Å². The first-order chi connectivity index (χ1) is 21.6. The number of ether oxygens (including phenoxy) is 2. The highest BCUT2D eigenvalue weighted by Gasteiger charge is 2.75. The molecule has 0 aromatic carbocycles. The third-order valence-corrected chi connectivity index (χ3v) is 11.8.